The van der Waals surface area contributed by atoms with Crippen LogP contribution in [-0.4, -0.2) is 35.2 Å². The summed E-state index contributed by atoms with van der Waals surface area (Å²) in [5.41, 5.74) is -0.863. The number of carbonyl (C=O) groups is 2. The predicted molar refractivity (Wildman–Crippen MR) is 59.2 cm³/mol. The number of amides is 2. The van der Waals surface area contributed by atoms with Gasteiger partial charge in [0.1, 0.15) is 6.61 Å². The molecule has 0 aromatic rings. The number of rotatable bonds is 3. The number of cyclic esters (lactones) is 1. The fourth-order valence-corrected chi connectivity index (χ4v) is 2.69. The summed E-state index contributed by atoms with van der Waals surface area (Å²) in [5, 5.41) is 0. The molecule has 2 rings (SSSR count). The number of nitrogens with zero attached hydrogens (tertiary/aromatic N) is 1. The van der Waals surface area contributed by atoms with E-state index in [1.165, 1.54) is 0 Å². The van der Waals surface area contributed by atoms with E-state index in [0.29, 0.717) is 6.42 Å². The molecule has 0 radical (unpaired) electrons. The second-order valence-corrected chi connectivity index (χ2v) is 5.84. The van der Waals surface area contributed by atoms with Crippen LogP contribution in [0.3, 0.4) is 0 Å². The Bertz CT molecular complexity index is 419. The van der Waals surface area contributed by atoms with Gasteiger partial charge in [-0.3, -0.25) is 4.79 Å². The molecule has 1 saturated carbocycles. The van der Waals surface area contributed by atoms with Crippen LogP contribution in [-0.2, 0) is 9.53 Å². The van der Waals surface area contributed by atoms with Crippen LogP contribution < -0.4 is 0 Å². The highest BCUT2D eigenvalue weighted by molar-refractivity contribution is 5.95. The minimum Gasteiger partial charge on any atom is -0.447 e. The van der Waals surface area contributed by atoms with E-state index in [2.05, 4.69) is 0 Å². The van der Waals surface area contributed by atoms with Crippen molar-refractivity contribution in [1.29, 1.82) is 0 Å². The summed E-state index contributed by atoms with van der Waals surface area (Å²) >= 11 is 0. The number of hydrogen-bond acceptors (Lipinski definition) is 3. The predicted octanol–water partition coefficient (Wildman–Crippen LogP) is 2.87. The zero-order chi connectivity index (χ0) is 14.5. The first-order valence-electron chi connectivity index (χ1n) is 6.16. The number of alkyl halides is 3. The molecule has 1 saturated heterocycles. The highest BCUT2D eigenvalue weighted by Gasteiger charge is 2.71. The fourth-order valence-electron chi connectivity index (χ4n) is 2.69. The highest BCUT2D eigenvalue weighted by Crippen LogP contribution is 2.61. The number of ether oxygens (including phenoxy) is 1. The zero-order valence-corrected chi connectivity index (χ0v) is 10.8. The summed E-state index contributed by atoms with van der Waals surface area (Å²) in [7, 11) is 0. The lowest BCUT2D eigenvalue weighted by Crippen LogP contribution is -2.43. The van der Waals surface area contributed by atoms with E-state index in [9.17, 15) is 22.8 Å². The van der Waals surface area contributed by atoms with Crippen molar-refractivity contribution in [2.24, 2.45) is 5.41 Å². The summed E-state index contributed by atoms with van der Waals surface area (Å²) in [6, 6.07) is 0. The van der Waals surface area contributed by atoms with Crippen LogP contribution in [0.15, 0.2) is 0 Å². The Balaban J connectivity index is 1.97. The maximum Gasteiger partial charge on any atom is 0.417 e. The molecule has 0 aromatic heterocycles. The maximum atomic E-state index is 12.0. The topological polar surface area (TPSA) is 46.6 Å². The molecule has 19 heavy (non-hydrogen) atoms. The van der Waals surface area contributed by atoms with Gasteiger partial charge in [0.25, 0.3) is 0 Å². The van der Waals surface area contributed by atoms with Gasteiger partial charge >= 0.3 is 12.3 Å². The van der Waals surface area contributed by atoms with Crippen LogP contribution in [0, 0.1) is 5.41 Å². The quantitative estimate of drug-likeness (QED) is 0.798. The van der Waals surface area contributed by atoms with Gasteiger partial charge < -0.3 is 4.74 Å². The summed E-state index contributed by atoms with van der Waals surface area (Å²) < 4.78 is 41.0. The summed E-state index contributed by atoms with van der Waals surface area (Å²) in [6.07, 6.45) is -5.98. The first-order valence-corrected chi connectivity index (χ1v) is 6.16. The van der Waals surface area contributed by atoms with Crippen LogP contribution >= 0.6 is 0 Å². The zero-order valence-electron chi connectivity index (χ0n) is 10.8. The minimum atomic E-state index is -4.28. The van der Waals surface area contributed by atoms with Crippen LogP contribution in [0.4, 0.5) is 18.0 Å². The third kappa shape index (κ3) is 2.42. The molecule has 1 heterocycles. The Hall–Kier alpha value is -1.27. The Kier molecular flexibility index (Phi) is 3.06. The Morgan fingerprint density at radius 1 is 1.42 bits per heavy atom. The van der Waals surface area contributed by atoms with Gasteiger partial charge in [-0.25, -0.2) is 9.69 Å². The van der Waals surface area contributed by atoms with E-state index in [-0.39, 0.29) is 24.9 Å². The van der Waals surface area contributed by atoms with E-state index < -0.39 is 30.1 Å². The number of imide groups is 1. The largest absolute Gasteiger partial charge is 0.447 e. The van der Waals surface area contributed by atoms with Crippen molar-refractivity contribution in [2.45, 2.75) is 51.2 Å². The molecular weight excluding hydrogens is 263 g/mol. The molecule has 2 aliphatic rings. The lowest BCUT2D eigenvalue weighted by molar-refractivity contribution is -0.139. The molecule has 2 amide bonds. The molecule has 1 atom stereocenters. The third-order valence-electron chi connectivity index (χ3n) is 4.01. The smallest absolute Gasteiger partial charge is 0.417 e. The molecule has 1 spiro atoms. The van der Waals surface area contributed by atoms with Crippen LogP contribution in [0.25, 0.3) is 0 Å². The Morgan fingerprint density at radius 3 is 2.47 bits per heavy atom. The molecule has 7 heteroatoms. The Morgan fingerprint density at radius 2 is 2.00 bits per heavy atom. The van der Waals surface area contributed by atoms with Crippen molar-refractivity contribution >= 4 is 12.0 Å². The fraction of sp³-hybridized carbons (Fsp3) is 0.833. The first-order chi connectivity index (χ1) is 8.59. The monoisotopic (exact) mass is 279 g/mol. The van der Waals surface area contributed by atoms with Crippen molar-refractivity contribution in [3.63, 3.8) is 0 Å². The van der Waals surface area contributed by atoms with Gasteiger partial charge in [0.15, 0.2) is 0 Å². The van der Waals surface area contributed by atoms with Gasteiger partial charge in [0.05, 0.1) is 5.54 Å². The van der Waals surface area contributed by atoms with Gasteiger partial charge in [0.2, 0.25) is 5.91 Å². The molecule has 2 fully saturated rings. The lowest BCUT2D eigenvalue weighted by Gasteiger charge is -2.22. The summed E-state index contributed by atoms with van der Waals surface area (Å²) in [5.74, 6) is -0.572. The number of carbonyl (C=O) groups excluding carboxylic acids is 2. The van der Waals surface area contributed by atoms with Crippen molar-refractivity contribution in [1.82, 2.24) is 4.90 Å². The van der Waals surface area contributed by atoms with Crippen molar-refractivity contribution in [3.8, 4) is 0 Å². The summed E-state index contributed by atoms with van der Waals surface area (Å²) in [4.78, 5) is 24.6. The van der Waals surface area contributed by atoms with Crippen LogP contribution in [0.1, 0.15) is 39.5 Å². The normalized spacial score (nSPS) is 28.7. The highest BCUT2D eigenvalue weighted by atomic mass is 19.4. The van der Waals surface area contributed by atoms with Crippen molar-refractivity contribution in [2.75, 3.05) is 6.61 Å². The van der Waals surface area contributed by atoms with E-state index in [0.717, 1.165) is 4.90 Å². The van der Waals surface area contributed by atoms with Gasteiger partial charge in [-0.15, -0.1) is 0 Å². The molecule has 1 aliphatic heterocycles. The molecule has 0 unspecified atom stereocenters. The maximum absolute atomic E-state index is 12.0. The molecular formula is C12H16F3NO3. The molecule has 0 N–H and O–H groups in total. The minimum absolute atomic E-state index is 0.143. The second kappa shape index (κ2) is 4.11. The van der Waals surface area contributed by atoms with Crippen LogP contribution in [0.2, 0.25) is 0 Å². The molecule has 0 aromatic carbocycles. The van der Waals surface area contributed by atoms with Crippen molar-refractivity contribution < 1.29 is 27.5 Å². The van der Waals surface area contributed by atoms with Gasteiger partial charge in [0, 0.05) is 12.8 Å². The van der Waals surface area contributed by atoms with Gasteiger partial charge in [-0.05, 0) is 18.3 Å². The SMILES string of the molecule is CC1(C)C[C@@]12COC(=O)N2C(=O)CCCC(F)(F)F. The average molecular weight is 279 g/mol. The lowest BCUT2D eigenvalue weighted by atomic mass is 10.0. The van der Waals surface area contributed by atoms with E-state index >= 15 is 0 Å². The number of halogens is 3. The molecule has 1 aliphatic carbocycles. The van der Waals surface area contributed by atoms with E-state index in [1.807, 2.05) is 13.8 Å². The average Bonchev–Trinajstić information content (AvgIpc) is 2.59. The Labute approximate surface area is 108 Å². The molecule has 108 valence electrons. The second-order valence-electron chi connectivity index (χ2n) is 5.84. The van der Waals surface area contributed by atoms with Gasteiger partial charge in [-0.1, -0.05) is 13.8 Å². The molecule has 4 nitrogen and oxygen atoms in total. The summed E-state index contributed by atoms with van der Waals surface area (Å²) in [6.45, 7) is 3.96. The van der Waals surface area contributed by atoms with Gasteiger partial charge in [-0.2, -0.15) is 13.2 Å². The molecule has 0 bridgehead atoms. The standard InChI is InChI=1S/C12H16F3NO3/c1-10(2)6-11(10)7-19-9(18)16(11)8(17)4-3-5-12(13,14)15/h3-7H2,1-2H3/t11-/m1/s1. The number of hydrogen-bond donors (Lipinski definition) is 0. The first kappa shape index (κ1) is 14.1. The van der Waals surface area contributed by atoms with Crippen molar-refractivity contribution in [3.05, 3.63) is 0 Å². The van der Waals surface area contributed by atoms with E-state index in [1.54, 1.807) is 0 Å². The third-order valence-corrected chi connectivity index (χ3v) is 4.01. The van der Waals surface area contributed by atoms with Crippen LogP contribution in [0.5, 0.6) is 0 Å². The van der Waals surface area contributed by atoms with E-state index in [4.69, 9.17) is 4.74 Å².